The van der Waals surface area contributed by atoms with Gasteiger partial charge in [-0.15, -0.1) is 0 Å². The van der Waals surface area contributed by atoms with Gasteiger partial charge >= 0.3 is 0 Å². The Morgan fingerprint density at radius 2 is 1.59 bits per heavy atom. The zero-order valence-electron chi connectivity index (χ0n) is 10.6. The lowest BCUT2D eigenvalue weighted by molar-refractivity contribution is 0.866. The molecule has 0 N–H and O–H groups in total. The van der Waals surface area contributed by atoms with E-state index >= 15 is 0 Å². The van der Waals surface area contributed by atoms with Crippen LogP contribution in [0.1, 0.15) is 25.3 Å². The molecule has 0 radical (unpaired) electrons. The van der Waals surface area contributed by atoms with E-state index in [1.807, 2.05) is 0 Å². The largest absolute Gasteiger partial charge is 0.344 e. The molecule has 1 heteroatoms. The third kappa shape index (κ3) is 1.46. The zero-order valence-corrected chi connectivity index (χ0v) is 10.6. The Hall–Kier alpha value is -1.76. The van der Waals surface area contributed by atoms with Gasteiger partial charge in [0, 0.05) is 28.9 Å². The second-order valence-corrected chi connectivity index (χ2v) is 5.01. The summed E-state index contributed by atoms with van der Waals surface area (Å²) in [5.41, 5.74) is 4.05. The minimum atomic E-state index is 0.581. The first-order valence-corrected chi connectivity index (χ1v) is 6.15. The molecule has 0 aliphatic carbocycles. The molecule has 0 fully saturated rings. The summed E-state index contributed by atoms with van der Waals surface area (Å²) in [4.78, 5) is 0. The third-order valence-electron chi connectivity index (χ3n) is 3.61. The van der Waals surface area contributed by atoms with Crippen molar-refractivity contribution in [2.45, 2.75) is 19.8 Å². The molecule has 0 spiro atoms. The van der Waals surface area contributed by atoms with Crippen molar-refractivity contribution in [1.82, 2.24) is 4.57 Å². The van der Waals surface area contributed by atoms with Crippen molar-refractivity contribution in [3.63, 3.8) is 0 Å². The van der Waals surface area contributed by atoms with Crippen LogP contribution in [-0.2, 0) is 7.05 Å². The van der Waals surface area contributed by atoms with E-state index in [4.69, 9.17) is 0 Å². The molecular formula is C16H17N. The Balaban J connectivity index is 2.45. The van der Waals surface area contributed by atoms with E-state index in [2.05, 4.69) is 67.9 Å². The van der Waals surface area contributed by atoms with Gasteiger partial charge < -0.3 is 4.57 Å². The van der Waals surface area contributed by atoms with Crippen LogP contribution < -0.4 is 0 Å². The van der Waals surface area contributed by atoms with Crippen molar-refractivity contribution in [2.24, 2.45) is 7.05 Å². The first-order valence-electron chi connectivity index (χ1n) is 6.15. The van der Waals surface area contributed by atoms with Crippen LogP contribution in [0.3, 0.4) is 0 Å². The first kappa shape index (κ1) is 10.4. The summed E-state index contributed by atoms with van der Waals surface area (Å²) in [6.45, 7) is 4.48. The van der Waals surface area contributed by atoms with E-state index in [9.17, 15) is 0 Å². The molecule has 2 aromatic carbocycles. The second-order valence-electron chi connectivity index (χ2n) is 5.01. The van der Waals surface area contributed by atoms with Gasteiger partial charge in [-0.2, -0.15) is 0 Å². The van der Waals surface area contributed by atoms with E-state index in [1.165, 1.54) is 27.4 Å². The minimum Gasteiger partial charge on any atom is -0.344 e. The number of nitrogens with zero attached hydrogens (tertiary/aromatic N) is 1. The van der Waals surface area contributed by atoms with Crippen LogP contribution in [0.15, 0.2) is 42.5 Å². The summed E-state index contributed by atoms with van der Waals surface area (Å²) in [6.07, 6.45) is 0. The lowest BCUT2D eigenvalue weighted by Gasteiger charge is -2.06. The van der Waals surface area contributed by atoms with Gasteiger partial charge in [-0.1, -0.05) is 44.2 Å². The van der Waals surface area contributed by atoms with Crippen LogP contribution in [-0.4, -0.2) is 4.57 Å². The monoisotopic (exact) mass is 223 g/mol. The van der Waals surface area contributed by atoms with E-state index in [0.29, 0.717) is 5.92 Å². The minimum absolute atomic E-state index is 0.581. The highest BCUT2D eigenvalue weighted by molar-refractivity contribution is 6.08. The zero-order chi connectivity index (χ0) is 12.0. The average Bonchev–Trinajstić information content (AvgIpc) is 2.64. The first-order chi connectivity index (χ1) is 8.18. The summed E-state index contributed by atoms with van der Waals surface area (Å²) in [7, 11) is 2.15. The lowest BCUT2D eigenvalue weighted by atomic mass is 10.0. The van der Waals surface area contributed by atoms with Crippen LogP contribution >= 0.6 is 0 Å². The van der Waals surface area contributed by atoms with Gasteiger partial charge in [0.15, 0.2) is 0 Å². The van der Waals surface area contributed by atoms with Gasteiger partial charge in [0.2, 0.25) is 0 Å². The molecule has 1 heterocycles. The molecule has 1 aromatic heterocycles. The summed E-state index contributed by atoms with van der Waals surface area (Å²) in [5, 5.41) is 2.70. The van der Waals surface area contributed by atoms with Crippen LogP contribution in [0.25, 0.3) is 21.8 Å². The maximum Gasteiger partial charge on any atom is 0.0491 e. The maximum atomic E-state index is 2.32. The number of aromatic nitrogens is 1. The molecule has 1 nitrogen and oxygen atoms in total. The van der Waals surface area contributed by atoms with Crippen LogP contribution in [0.5, 0.6) is 0 Å². The van der Waals surface area contributed by atoms with E-state index in [-0.39, 0.29) is 0 Å². The Kier molecular flexibility index (Phi) is 2.22. The fraction of sp³-hybridized carbons (Fsp3) is 0.250. The number of fused-ring (bicyclic) bond motifs is 3. The predicted molar refractivity (Wildman–Crippen MR) is 74.5 cm³/mol. The molecule has 0 atom stereocenters. The quantitative estimate of drug-likeness (QED) is 0.574. The molecule has 0 saturated carbocycles. The lowest BCUT2D eigenvalue weighted by Crippen LogP contribution is -1.90. The number of hydrogen-bond donors (Lipinski definition) is 0. The summed E-state index contributed by atoms with van der Waals surface area (Å²) in [6, 6.07) is 15.4. The molecule has 0 aliphatic heterocycles. The van der Waals surface area contributed by atoms with Crippen molar-refractivity contribution in [2.75, 3.05) is 0 Å². The second kappa shape index (κ2) is 3.63. The molecule has 3 aromatic rings. The summed E-state index contributed by atoms with van der Waals surface area (Å²) >= 11 is 0. The van der Waals surface area contributed by atoms with Gasteiger partial charge in [0.1, 0.15) is 0 Å². The highest BCUT2D eigenvalue weighted by atomic mass is 14.9. The number of benzene rings is 2. The predicted octanol–water partition coefficient (Wildman–Crippen LogP) is 4.45. The van der Waals surface area contributed by atoms with Gasteiger partial charge in [-0.3, -0.25) is 0 Å². The molecule has 0 unspecified atom stereocenters. The SMILES string of the molecule is CC(C)c1ccc2c3ccccc3n(C)c2c1. The van der Waals surface area contributed by atoms with E-state index < -0.39 is 0 Å². The van der Waals surface area contributed by atoms with Crippen molar-refractivity contribution >= 4 is 21.8 Å². The fourth-order valence-electron chi connectivity index (χ4n) is 2.54. The fourth-order valence-corrected chi connectivity index (χ4v) is 2.54. The highest BCUT2D eigenvalue weighted by Gasteiger charge is 2.08. The Bertz CT molecular complexity index is 689. The van der Waals surface area contributed by atoms with Crippen molar-refractivity contribution in [1.29, 1.82) is 0 Å². The van der Waals surface area contributed by atoms with Gasteiger partial charge in [-0.05, 0) is 23.6 Å². The molecule has 17 heavy (non-hydrogen) atoms. The molecule has 3 rings (SSSR count). The summed E-state index contributed by atoms with van der Waals surface area (Å²) in [5.74, 6) is 0.581. The number of hydrogen-bond acceptors (Lipinski definition) is 0. The molecule has 0 amide bonds. The van der Waals surface area contributed by atoms with Crippen molar-refractivity contribution in [3.8, 4) is 0 Å². The molecule has 0 saturated heterocycles. The van der Waals surface area contributed by atoms with Crippen LogP contribution in [0.2, 0.25) is 0 Å². The van der Waals surface area contributed by atoms with Gasteiger partial charge in [0.25, 0.3) is 0 Å². The Morgan fingerprint density at radius 3 is 2.35 bits per heavy atom. The Labute approximate surface area is 102 Å². The Morgan fingerprint density at radius 1 is 0.882 bits per heavy atom. The molecule has 0 bridgehead atoms. The van der Waals surface area contributed by atoms with Gasteiger partial charge in [0.05, 0.1) is 0 Å². The average molecular weight is 223 g/mol. The normalized spacial score (nSPS) is 11.8. The van der Waals surface area contributed by atoms with Crippen molar-refractivity contribution in [3.05, 3.63) is 48.0 Å². The van der Waals surface area contributed by atoms with Crippen molar-refractivity contribution < 1.29 is 0 Å². The molecular weight excluding hydrogens is 206 g/mol. The highest BCUT2D eigenvalue weighted by Crippen LogP contribution is 2.30. The third-order valence-corrected chi connectivity index (χ3v) is 3.61. The smallest absolute Gasteiger partial charge is 0.0491 e. The van der Waals surface area contributed by atoms with E-state index in [0.717, 1.165) is 0 Å². The van der Waals surface area contributed by atoms with Gasteiger partial charge in [-0.25, -0.2) is 0 Å². The van der Waals surface area contributed by atoms with Crippen LogP contribution in [0, 0.1) is 0 Å². The van der Waals surface area contributed by atoms with E-state index in [1.54, 1.807) is 0 Å². The topological polar surface area (TPSA) is 4.93 Å². The standard InChI is InChI=1S/C16H17N/c1-11(2)12-8-9-14-13-6-4-5-7-15(13)17(3)16(14)10-12/h4-11H,1-3H3. The maximum absolute atomic E-state index is 2.32. The number of para-hydroxylation sites is 1. The van der Waals surface area contributed by atoms with Crippen LogP contribution in [0.4, 0.5) is 0 Å². The molecule has 86 valence electrons. The number of aryl methyl sites for hydroxylation is 1. The number of rotatable bonds is 1. The summed E-state index contributed by atoms with van der Waals surface area (Å²) < 4.78 is 2.29. The molecule has 0 aliphatic rings.